The van der Waals surface area contributed by atoms with Gasteiger partial charge in [-0.05, 0) is 80.8 Å². The number of fused-ring (bicyclic) bond motifs is 9. The Morgan fingerprint density at radius 2 is 1.85 bits per heavy atom. The predicted octanol–water partition coefficient (Wildman–Crippen LogP) is 3.91. The summed E-state index contributed by atoms with van der Waals surface area (Å²) in [6.07, 6.45) is 1.00. The zero-order valence-electron chi connectivity index (χ0n) is 15.1. The van der Waals surface area contributed by atoms with E-state index in [1.54, 1.807) is 0 Å². The summed E-state index contributed by atoms with van der Waals surface area (Å²) < 4.78 is 46.4. The molecule has 0 amide bonds. The maximum absolute atomic E-state index is 13.5. The van der Waals surface area contributed by atoms with E-state index in [0.29, 0.717) is 17.8 Å². The summed E-state index contributed by atoms with van der Waals surface area (Å²) >= 11 is 0. The summed E-state index contributed by atoms with van der Waals surface area (Å²) in [5.74, 6) is 1.68. The molecular weight excluding hydrogens is 357 g/mol. The van der Waals surface area contributed by atoms with Crippen molar-refractivity contribution >= 4 is 5.97 Å². The second-order valence-corrected chi connectivity index (χ2v) is 9.21. The van der Waals surface area contributed by atoms with E-state index in [0.717, 1.165) is 42.9 Å². The van der Waals surface area contributed by atoms with Crippen molar-refractivity contribution in [3.63, 3.8) is 0 Å². The molecule has 4 fully saturated rings. The van der Waals surface area contributed by atoms with Crippen molar-refractivity contribution in [2.24, 2.45) is 35.5 Å². The fraction of sp³-hybridized carbons (Fsp3) is 0.667. The third-order valence-electron chi connectivity index (χ3n) is 7.93. The van der Waals surface area contributed by atoms with E-state index in [2.05, 4.69) is 0 Å². The Morgan fingerprint density at radius 1 is 1.15 bits per heavy atom. The Hall–Kier alpha value is -1.72. The number of aromatic carboxylic acids is 1. The minimum absolute atomic E-state index is 0.260. The molecule has 3 nitrogen and oxygen atoms in total. The summed E-state index contributed by atoms with van der Waals surface area (Å²) in [6.45, 7) is 1.92. The van der Waals surface area contributed by atoms with E-state index < -0.39 is 23.3 Å². The molecule has 4 aliphatic rings. The quantitative estimate of drug-likeness (QED) is 0.749. The highest BCUT2D eigenvalue weighted by atomic mass is 19.4. The zero-order valence-corrected chi connectivity index (χ0v) is 15.1. The monoisotopic (exact) mass is 379 g/mol. The Kier molecular flexibility index (Phi) is 3.49. The highest BCUT2D eigenvalue weighted by molar-refractivity contribution is 5.86. The van der Waals surface area contributed by atoms with Crippen LogP contribution in [-0.4, -0.2) is 11.6 Å². The summed E-state index contributed by atoms with van der Waals surface area (Å²) in [5.41, 5.74) is -1.87. The number of hydrogen-bond acceptors (Lipinski definition) is 3. The number of carbonyl (C=O) groups excluding carboxylic acids is 1. The molecule has 6 heteroatoms. The van der Waals surface area contributed by atoms with Crippen molar-refractivity contribution < 1.29 is 27.8 Å². The molecule has 0 radical (unpaired) electrons. The second kappa shape index (κ2) is 5.42. The van der Waals surface area contributed by atoms with Gasteiger partial charge in [0.05, 0.1) is 11.5 Å². The molecule has 27 heavy (non-hydrogen) atoms. The lowest BCUT2D eigenvalue weighted by Crippen LogP contribution is -2.46. The number of rotatable bonds is 3. The first-order chi connectivity index (χ1) is 12.7. The van der Waals surface area contributed by atoms with Crippen LogP contribution in [0.15, 0.2) is 18.2 Å². The van der Waals surface area contributed by atoms with Gasteiger partial charge in [0.1, 0.15) is 11.4 Å². The van der Waals surface area contributed by atoms with E-state index in [1.165, 1.54) is 19.3 Å². The van der Waals surface area contributed by atoms with Crippen LogP contribution in [0.4, 0.5) is 13.2 Å². The van der Waals surface area contributed by atoms with Gasteiger partial charge in [-0.1, -0.05) is 6.07 Å². The van der Waals surface area contributed by atoms with Crippen LogP contribution in [0.25, 0.3) is 0 Å². The number of halogens is 3. The standard InChI is InChI=1S/C21H23F3O3/c1-20(9-13-7-15(20)18-11-3-2-10(6-11)17(13)18)27-16-8-12(19(25)26)4-5-14(16)21(22,23)24/h4-5,8,10-11,13,15,17-18H,2-3,6-7,9H2,1H3,(H,25,26)/p-1. The van der Waals surface area contributed by atoms with Gasteiger partial charge >= 0.3 is 6.18 Å². The molecule has 7 atom stereocenters. The van der Waals surface area contributed by atoms with Gasteiger partial charge in [0.15, 0.2) is 0 Å². The average Bonchev–Trinajstić information content (AvgIpc) is 3.31. The van der Waals surface area contributed by atoms with Gasteiger partial charge < -0.3 is 14.6 Å². The predicted molar refractivity (Wildman–Crippen MR) is 88.8 cm³/mol. The number of carboxylic acids is 1. The molecule has 0 spiro atoms. The maximum atomic E-state index is 13.5. The average molecular weight is 379 g/mol. The first kappa shape index (κ1) is 17.4. The lowest BCUT2D eigenvalue weighted by atomic mass is 9.66. The molecule has 0 N–H and O–H groups in total. The highest BCUT2D eigenvalue weighted by Crippen LogP contribution is 2.70. The van der Waals surface area contributed by atoms with Gasteiger partial charge in [0.2, 0.25) is 0 Å². The van der Waals surface area contributed by atoms with Crippen molar-refractivity contribution in [3.05, 3.63) is 29.3 Å². The summed E-state index contributed by atoms with van der Waals surface area (Å²) in [4.78, 5) is 11.1. The molecule has 7 unspecified atom stereocenters. The lowest BCUT2D eigenvalue weighted by Gasteiger charge is -2.45. The van der Waals surface area contributed by atoms with Crippen molar-refractivity contribution in [2.75, 3.05) is 0 Å². The van der Waals surface area contributed by atoms with Crippen LogP contribution in [0, 0.1) is 35.5 Å². The van der Waals surface area contributed by atoms with Crippen molar-refractivity contribution in [2.45, 2.75) is 50.8 Å². The molecule has 5 rings (SSSR count). The summed E-state index contributed by atoms with van der Waals surface area (Å²) in [6, 6.07) is 2.70. The van der Waals surface area contributed by atoms with Crippen LogP contribution in [0.2, 0.25) is 0 Å². The van der Waals surface area contributed by atoms with Crippen LogP contribution in [0.5, 0.6) is 5.75 Å². The van der Waals surface area contributed by atoms with Gasteiger partial charge in [0.25, 0.3) is 0 Å². The summed E-state index contributed by atoms with van der Waals surface area (Å²) in [5, 5.41) is 11.1. The Bertz CT molecular complexity index is 804. The molecule has 0 saturated heterocycles. The van der Waals surface area contributed by atoms with E-state index in [-0.39, 0.29) is 17.2 Å². The largest absolute Gasteiger partial charge is 0.545 e. The number of ether oxygens (including phenoxy) is 1. The summed E-state index contributed by atoms with van der Waals surface area (Å²) in [7, 11) is 0. The highest BCUT2D eigenvalue weighted by Gasteiger charge is 2.66. The van der Waals surface area contributed by atoms with Crippen molar-refractivity contribution in [1.82, 2.24) is 0 Å². The molecule has 4 bridgehead atoms. The first-order valence-electron chi connectivity index (χ1n) is 9.79. The molecule has 0 aromatic heterocycles. The minimum Gasteiger partial charge on any atom is -0.545 e. The van der Waals surface area contributed by atoms with Gasteiger partial charge in [-0.2, -0.15) is 13.2 Å². The third kappa shape index (κ3) is 2.44. The fourth-order valence-electron chi connectivity index (χ4n) is 7.20. The number of hydrogen-bond donors (Lipinski definition) is 0. The van der Waals surface area contributed by atoms with Gasteiger partial charge in [-0.3, -0.25) is 0 Å². The Labute approximate surface area is 155 Å². The van der Waals surface area contributed by atoms with Crippen LogP contribution in [-0.2, 0) is 6.18 Å². The van der Waals surface area contributed by atoms with Crippen LogP contribution in [0.3, 0.4) is 0 Å². The van der Waals surface area contributed by atoms with Crippen molar-refractivity contribution in [3.8, 4) is 5.75 Å². The van der Waals surface area contributed by atoms with E-state index in [4.69, 9.17) is 4.74 Å². The molecular formula is C21H22F3O3-. The molecule has 0 heterocycles. The third-order valence-corrected chi connectivity index (χ3v) is 7.93. The number of benzene rings is 1. The maximum Gasteiger partial charge on any atom is 0.419 e. The van der Waals surface area contributed by atoms with Crippen molar-refractivity contribution in [1.29, 1.82) is 0 Å². The molecule has 4 saturated carbocycles. The second-order valence-electron chi connectivity index (χ2n) is 9.21. The van der Waals surface area contributed by atoms with Gasteiger partial charge in [-0.25, -0.2) is 0 Å². The van der Waals surface area contributed by atoms with E-state index in [9.17, 15) is 23.1 Å². The molecule has 1 aromatic rings. The minimum atomic E-state index is -4.59. The topological polar surface area (TPSA) is 49.4 Å². The van der Waals surface area contributed by atoms with E-state index >= 15 is 0 Å². The molecule has 1 aromatic carbocycles. The SMILES string of the molecule is CC1(Oc2cc(C(=O)[O-])ccc2C(F)(F)F)CC2CC1C1C3CCC(C3)C21. The first-order valence-corrected chi connectivity index (χ1v) is 9.79. The zero-order chi connectivity index (χ0) is 19.1. The molecule has 4 aliphatic carbocycles. The number of alkyl halides is 3. The fourth-order valence-corrected chi connectivity index (χ4v) is 7.20. The van der Waals surface area contributed by atoms with Crippen LogP contribution in [0.1, 0.15) is 54.9 Å². The lowest BCUT2D eigenvalue weighted by molar-refractivity contribution is -0.255. The number of carbonyl (C=O) groups is 1. The molecule has 146 valence electrons. The normalized spacial score (nSPS) is 41.8. The van der Waals surface area contributed by atoms with Gasteiger partial charge in [-0.15, -0.1) is 0 Å². The van der Waals surface area contributed by atoms with E-state index in [1.807, 2.05) is 6.92 Å². The van der Waals surface area contributed by atoms with Crippen LogP contribution < -0.4 is 9.84 Å². The van der Waals surface area contributed by atoms with Crippen LogP contribution >= 0.6 is 0 Å². The van der Waals surface area contributed by atoms with Gasteiger partial charge in [0, 0.05) is 11.5 Å². The molecule has 0 aliphatic heterocycles. The number of carboxylic acid groups (broad SMARTS) is 1. The Balaban J connectivity index is 1.49. The Morgan fingerprint density at radius 3 is 2.52 bits per heavy atom. The smallest absolute Gasteiger partial charge is 0.419 e.